The fraction of sp³-hybridized carbons (Fsp3) is 0.722. The summed E-state index contributed by atoms with van der Waals surface area (Å²) in [7, 11) is 0. The number of alkyl halides is 2. The van der Waals surface area contributed by atoms with Crippen LogP contribution in [0.1, 0.15) is 62.8 Å². The van der Waals surface area contributed by atoms with Crippen LogP contribution in [-0.2, 0) is 4.74 Å². The number of aromatic nitrogens is 1. The normalized spacial score (nSPS) is 21.8. The van der Waals surface area contributed by atoms with Crippen LogP contribution in [0.4, 0.5) is 8.78 Å². The molecule has 0 unspecified atom stereocenters. The van der Waals surface area contributed by atoms with E-state index in [1.807, 2.05) is 0 Å². The zero-order valence-corrected chi connectivity index (χ0v) is 15.0. The maximum atomic E-state index is 13.3. The zero-order chi connectivity index (χ0) is 17.9. The smallest absolute Gasteiger partial charge is 0.319 e. The van der Waals surface area contributed by atoms with Crippen LogP contribution in [0.5, 0.6) is 0 Å². The van der Waals surface area contributed by atoms with Gasteiger partial charge >= 0.3 is 6.55 Å². The van der Waals surface area contributed by atoms with Crippen molar-refractivity contribution in [2.45, 2.75) is 65.7 Å². The average Bonchev–Trinajstić information content (AvgIpc) is 2.93. The van der Waals surface area contributed by atoms with Crippen molar-refractivity contribution >= 4 is 5.91 Å². The Kier molecular flexibility index (Phi) is 6.38. The van der Waals surface area contributed by atoms with Gasteiger partial charge in [-0.15, -0.1) is 0 Å². The quantitative estimate of drug-likeness (QED) is 0.775. The molecule has 24 heavy (non-hydrogen) atoms. The molecule has 0 aliphatic carbocycles. The number of nitrogens with zero attached hydrogens (tertiary/aromatic N) is 2. The van der Waals surface area contributed by atoms with Gasteiger partial charge in [0.15, 0.2) is 0 Å². The first-order valence-corrected chi connectivity index (χ1v) is 8.75. The molecule has 4 nitrogen and oxygen atoms in total. The van der Waals surface area contributed by atoms with Crippen LogP contribution in [0.3, 0.4) is 0 Å². The van der Waals surface area contributed by atoms with Gasteiger partial charge in [0.05, 0.1) is 12.2 Å². The highest BCUT2D eigenvalue weighted by Crippen LogP contribution is 2.25. The van der Waals surface area contributed by atoms with Crippen molar-refractivity contribution in [1.82, 2.24) is 9.47 Å². The topological polar surface area (TPSA) is 34.5 Å². The maximum absolute atomic E-state index is 13.3. The van der Waals surface area contributed by atoms with Gasteiger partial charge in [-0.05, 0) is 31.4 Å². The third kappa shape index (κ3) is 4.15. The minimum Gasteiger partial charge on any atom is -0.371 e. The van der Waals surface area contributed by atoms with Crippen molar-refractivity contribution in [3.05, 3.63) is 23.5 Å². The molecule has 0 N–H and O–H groups in total. The highest BCUT2D eigenvalue weighted by atomic mass is 19.3. The number of hydrogen-bond acceptors (Lipinski definition) is 2. The van der Waals surface area contributed by atoms with E-state index in [1.165, 1.54) is 6.07 Å². The molecule has 0 radical (unpaired) electrons. The SMILES string of the molecule is CCCC[C@@H]1CN(C(=O)c2ccc(C)n2C(F)F)C[C@H](C(C)C)O1. The van der Waals surface area contributed by atoms with Crippen LogP contribution in [-0.4, -0.2) is 40.7 Å². The van der Waals surface area contributed by atoms with Crippen molar-refractivity contribution in [3.63, 3.8) is 0 Å². The van der Waals surface area contributed by atoms with Gasteiger partial charge in [-0.1, -0.05) is 33.6 Å². The van der Waals surface area contributed by atoms with Crippen LogP contribution >= 0.6 is 0 Å². The first-order valence-electron chi connectivity index (χ1n) is 8.75. The number of unbranched alkanes of at least 4 members (excludes halogenated alkanes) is 1. The Hall–Kier alpha value is -1.43. The molecule has 1 amide bonds. The van der Waals surface area contributed by atoms with Crippen LogP contribution in [0.25, 0.3) is 0 Å². The summed E-state index contributed by atoms with van der Waals surface area (Å²) in [5, 5.41) is 0. The summed E-state index contributed by atoms with van der Waals surface area (Å²) in [5.74, 6) is -0.0628. The Balaban J connectivity index is 2.20. The van der Waals surface area contributed by atoms with Gasteiger partial charge in [-0.3, -0.25) is 9.36 Å². The van der Waals surface area contributed by atoms with E-state index in [0.717, 1.165) is 23.8 Å². The number of ether oxygens (including phenoxy) is 1. The van der Waals surface area contributed by atoms with Crippen molar-refractivity contribution < 1.29 is 18.3 Å². The van der Waals surface area contributed by atoms with E-state index in [2.05, 4.69) is 20.8 Å². The van der Waals surface area contributed by atoms with Gasteiger partial charge in [0, 0.05) is 18.8 Å². The number of hydrogen-bond donors (Lipinski definition) is 0. The van der Waals surface area contributed by atoms with Crippen molar-refractivity contribution in [1.29, 1.82) is 0 Å². The third-order valence-corrected chi connectivity index (χ3v) is 4.64. The fourth-order valence-corrected chi connectivity index (χ4v) is 3.14. The minimum absolute atomic E-state index is 0.0221. The maximum Gasteiger partial charge on any atom is 0.319 e. The van der Waals surface area contributed by atoms with E-state index >= 15 is 0 Å². The molecule has 1 fully saturated rings. The number of amides is 1. The number of carbonyl (C=O) groups excluding carboxylic acids is 1. The van der Waals surface area contributed by atoms with E-state index in [1.54, 1.807) is 17.9 Å². The largest absolute Gasteiger partial charge is 0.371 e. The molecule has 1 aromatic heterocycles. The third-order valence-electron chi connectivity index (χ3n) is 4.64. The van der Waals surface area contributed by atoms with E-state index in [0.29, 0.717) is 18.8 Å². The summed E-state index contributed by atoms with van der Waals surface area (Å²) in [5.41, 5.74) is 0.450. The second kappa shape index (κ2) is 8.10. The standard InChI is InChI=1S/C18H28F2N2O2/c1-5-6-7-14-10-21(11-16(24-14)12(2)3)17(23)15-9-8-13(4)22(15)18(19)20/h8-9,12,14,16,18H,5-7,10-11H2,1-4H3/t14-,16-/m1/s1. The molecule has 2 atom stereocenters. The van der Waals surface area contributed by atoms with Gasteiger partial charge in [-0.25, -0.2) is 0 Å². The average molecular weight is 342 g/mol. The number of morpholine rings is 1. The second-order valence-electron chi connectivity index (χ2n) is 6.90. The molecule has 0 bridgehead atoms. The zero-order valence-electron chi connectivity index (χ0n) is 15.0. The first-order chi connectivity index (χ1) is 11.3. The molecule has 0 saturated carbocycles. The summed E-state index contributed by atoms with van der Waals surface area (Å²) >= 11 is 0. The van der Waals surface area contributed by atoms with E-state index in [9.17, 15) is 13.6 Å². The molecule has 6 heteroatoms. The number of aryl methyl sites for hydroxylation is 1. The predicted molar refractivity (Wildman–Crippen MR) is 89.3 cm³/mol. The highest BCUT2D eigenvalue weighted by molar-refractivity contribution is 5.93. The Morgan fingerprint density at radius 2 is 2.04 bits per heavy atom. The van der Waals surface area contributed by atoms with E-state index < -0.39 is 6.55 Å². The van der Waals surface area contributed by atoms with Gasteiger partial charge in [0.25, 0.3) is 5.91 Å². The van der Waals surface area contributed by atoms with Gasteiger partial charge in [-0.2, -0.15) is 8.78 Å². The van der Waals surface area contributed by atoms with E-state index in [-0.39, 0.29) is 29.7 Å². The summed E-state index contributed by atoms with van der Waals surface area (Å²) in [6.45, 7) is 6.02. The van der Waals surface area contributed by atoms with Crippen molar-refractivity contribution in [3.8, 4) is 0 Å². The molecule has 1 saturated heterocycles. The second-order valence-corrected chi connectivity index (χ2v) is 6.90. The Morgan fingerprint density at radius 1 is 1.33 bits per heavy atom. The summed E-state index contributed by atoms with van der Waals surface area (Å²) in [6, 6.07) is 3.05. The fourth-order valence-electron chi connectivity index (χ4n) is 3.14. The Morgan fingerprint density at radius 3 is 2.62 bits per heavy atom. The molecule has 2 heterocycles. The highest BCUT2D eigenvalue weighted by Gasteiger charge is 2.33. The van der Waals surface area contributed by atoms with E-state index in [4.69, 9.17) is 4.74 Å². The molecular formula is C18H28F2N2O2. The molecular weight excluding hydrogens is 314 g/mol. The summed E-state index contributed by atoms with van der Waals surface area (Å²) in [6.07, 6.45) is 2.91. The summed E-state index contributed by atoms with van der Waals surface area (Å²) in [4.78, 5) is 14.5. The van der Waals surface area contributed by atoms with Crippen molar-refractivity contribution in [2.75, 3.05) is 13.1 Å². The van der Waals surface area contributed by atoms with Crippen LogP contribution in [0, 0.1) is 12.8 Å². The molecule has 136 valence electrons. The molecule has 1 aromatic rings. The lowest BCUT2D eigenvalue weighted by Gasteiger charge is -2.40. The predicted octanol–water partition coefficient (Wildman–Crippen LogP) is 4.25. The molecule has 2 rings (SSSR count). The van der Waals surface area contributed by atoms with Crippen LogP contribution < -0.4 is 0 Å². The molecule has 0 spiro atoms. The monoisotopic (exact) mass is 342 g/mol. The van der Waals surface area contributed by atoms with Crippen molar-refractivity contribution in [2.24, 2.45) is 5.92 Å². The van der Waals surface area contributed by atoms with Gasteiger partial charge < -0.3 is 9.64 Å². The minimum atomic E-state index is -2.71. The Labute approximate surface area is 142 Å². The lowest BCUT2D eigenvalue weighted by molar-refractivity contribution is -0.0966. The number of rotatable bonds is 6. The molecule has 0 aromatic carbocycles. The van der Waals surface area contributed by atoms with Gasteiger partial charge in [0.2, 0.25) is 0 Å². The van der Waals surface area contributed by atoms with Gasteiger partial charge in [0.1, 0.15) is 5.69 Å². The Bertz CT molecular complexity index is 557. The lowest BCUT2D eigenvalue weighted by Crippen LogP contribution is -2.52. The first kappa shape index (κ1) is 18.9. The molecule has 1 aliphatic heterocycles. The lowest BCUT2D eigenvalue weighted by atomic mass is 10.0. The number of carbonyl (C=O) groups is 1. The van der Waals surface area contributed by atoms with Crippen LogP contribution in [0.2, 0.25) is 0 Å². The molecule has 1 aliphatic rings. The summed E-state index contributed by atoms with van der Waals surface area (Å²) < 4.78 is 33.4. The number of halogens is 2. The van der Waals surface area contributed by atoms with Crippen LogP contribution in [0.15, 0.2) is 12.1 Å².